The van der Waals surface area contributed by atoms with Gasteiger partial charge in [0.1, 0.15) is 6.42 Å². The molecule has 0 amide bonds. The molecule has 0 spiro atoms. The van der Waals surface area contributed by atoms with Crippen molar-refractivity contribution in [2.75, 3.05) is 6.54 Å². The van der Waals surface area contributed by atoms with E-state index in [1.807, 2.05) is 0 Å². The zero-order valence-electron chi connectivity index (χ0n) is 8.55. The van der Waals surface area contributed by atoms with Crippen molar-refractivity contribution in [3.8, 4) is 0 Å². The summed E-state index contributed by atoms with van der Waals surface area (Å²) in [6.07, 6.45) is -2.51. The molecule has 90 valence electrons. The number of piperidine rings is 1. The zero-order valence-corrected chi connectivity index (χ0v) is 8.55. The normalized spacial score (nSPS) is 22.3. The van der Waals surface area contributed by atoms with Gasteiger partial charge in [0.05, 0.1) is 6.04 Å². The van der Waals surface area contributed by atoms with Gasteiger partial charge in [0.2, 0.25) is 5.89 Å². The minimum absolute atomic E-state index is 0.0942. The third-order valence-electron chi connectivity index (χ3n) is 2.45. The summed E-state index contributed by atoms with van der Waals surface area (Å²) in [5.41, 5.74) is 0. The lowest BCUT2D eigenvalue weighted by molar-refractivity contribution is -0.128. The third-order valence-corrected chi connectivity index (χ3v) is 2.45. The van der Waals surface area contributed by atoms with E-state index in [4.69, 9.17) is 4.52 Å². The fourth-order valence-corrected chi connectivity index (χ4v) is 1.72. The van der Waals surface area contributed by atoms with Gasteiger partial charge in [-0.05, 0) is 19.4 Å². The lowest BCUT2D eigenvalue weighted by Crippen LogP contribution is -2.27. The van der Waals surface area contributed by atoms with Gasteiger partial charge in [-0.1, -0.05) is 11.6 Å². The zero-order chi connectivity index (χ0) is 11.6. The van der Waals surface area contributed by atoms with Crippen LogP contribution in [0.4, 0.5) is 13.2 Å². The summed E-state index contributed by atoms with van der Waals surface area (Å²) in [5, 5.41) is 6.46. The Kier molecular flexibility index (Phi) is 3.13. The van der Waals surface area contributed by atoms with Crippen molar-refractivity contribution >= 4 is 0 Å². The molecule has 1 saturated heterocycles. The van der Waals surface area contributed by atoms with Crippen LogP contribution in [0.1, 0.15) is 37.0 Å². The SMILES string of the molecule is FC(F)(F)Cc1noc([C@@H]2CCCCN2)n1. The van der Waals surface area contributed by atoms with E-state index >= 15 is 0 Å². The van der Waals surface area contributed by atoms with Crippen LogP contribution >= 0.6 is 0 Å². The van der Waals surface area contributed by atoms with E-state index in [1.54, 1.807) is 0 Å². The predicted molar refractivity (Wildman–Crippen MR) is 48.7 cm³/mol. The molecule has 0 aliphatic carbocycles. The molecule has 4 nitrogen and oxygen atoms in total. The number of rotatable bonds is 2. The van der Waals surface area contributed by atoms with E-state index in [1.165, 1.54) is 0 Å². The quantitative estimate of drug-likeness (QED) is 0.851. The summed E-state index contributed by atoms with van der Waals surface area (Å²) in [4.78, 5) is 3.76. The highest BCUT2D eigenvalue weighted by Gasteiger charge is 2.31. The van der Waals surface area contributed by atoms with Crippen LogP contribution < -0.4 is 5.32 Å². The second kappa shape index (κ2) is 4.40. The van der Waals surface area contributed by atoms with Gasteiger partial charge in [-0.15, -0.1) is 0 Å². The molecule has 1 aromatic rings. The number of hydrogen-bond acceptors (Lipinski definition) is 4. The molecule has 1 atom stereocenters. The van der Waals surface area contributed by atoms with Crippen molar-refractivity contribution in [1.82, 2.24) is 15.5 Å². The van der Waals surface area contributed by atoms with E-state index < -0.39 is 12.6 Å². The number of hydrogen-bond donors (Lipinski definition) is 1. The molecular weight excluding hydrogens is 223 g/mol. The molecule has 1 aliphatic heterocycles. The van der Waals surface area contributed by atoms with Gasteiger partial charge in [0.15, 0.2) is 5.82 Å². The van der Waals surface area contributed by atoms with E-state index in [0.29, 0.717) is 0 Å². The Morgan fingerprint density at radius 2 is 2.19 bits per heavy atom. The Morgan fingerprint density at radius 3 is 2.81 bits per heavy atom. The molecule has 16 heavy (non-hydrogen) atoms. The number of nitrogens with zero attached hydrogens (tertiary/aromatic N) is 2. The summed E-state index contributed by atoms with van der Waals surface area (Å²) >= 11 is 0. The smallest absolute Gasteiger partial charge is 0.338 e. The maximum absolute atomic E-state index is 12.1. The summed E-state index contributed by atoms with van der Waals surface area (Å²) < 4.78 is 41.0. The molecule has 2 heterocycles. The fraction of sp³-hybridized carbons (Fsp3) is 0.778. The molecule has 0 saturated carbocycles. The summed E-state index contributed by atoms with van der Waals surface area (Å²) in [6.45, 7) is 0.835. The molecule has 0 aromatic carbocycles. The lowest BCUT2D eigenvalue weighted by atomic mass is 10.1. The molecule has 1 aliphatic rings. The first-order valence-corrected chi connectivity index (χ1v) is 5.17. The molecule has 0 radical (unpaired) electrons. The number of nitrogens with one attached hydrogen (secondary N) is 1. The average Bonchev–Trinajstić information content (AvgIpc) is 2.65. The van der Waals surface area contributed by atoms with E-state index in [9.17, 15) is 13.2 Å². The van der Waals surface area contributed by atoms with Gasteiger partial charge < -0.3 is 9.84 Å². The monoisotopic (exact) mass is 235 g/mol. The van der Waals surface area contributed by atoms with Gasteiger partial charge >= 0.3 is 6.18 Å². The largest absolute Gasteiger partial charge is 0.396 e. The van der Waals surface area contributed by atoms with Crippen LogP contribution in [0, 0.1) is 0 Å². The van der Waals surface area contributed by atoms with Gasteiger partial charge in [0.25, 0.3) is 0 Å². The van der Waals surface area contributed by atoms with Crippen molar-refractivity contribution in [2.24, 2.45) is 0 Å². The highest BCUT2D eigenvalue weighted by molar-refractivity contribution is 4.95. The Balaban J connectivity index is 2.01. The van der Waals surface area contributed by atoms with Crippen LogP contribution in [0.2, 0.25) is 0 Å². The van der Waals surface area contributed by atoms with Gasteiger partial charge in [-0.25, -0.2) is 0 Å². The van der Waals surface area contributed by atoms with Crippen molar-refractivity contribution in [1.29, 1.82) is 0 Å². The van der Waals surface area contributed by atoms with E-state index in [-0.39, 0.29) is 17.8 Å². The van der Waals surface area contributed by atoms with Crippen molar-refractivity contribution < 1.29 is 17.7 Å². The third kappa shape index (κ3) is 2.94. The molecule has 7 heteroatoms. The van der Waals surface area contributed by atoms with Crippen LogP contribution in [0.5, 0.6) is 0 Å². The predicted octanol–water partition coefficient (Wildman–Crippen LogP) is 1.99. The summed E-state index contributed by atoms with van der Waals surface area (Å²) in [6, 6.07) is -0.0942. The second-order valence-corrected chi connectivity index (χ2v) is 3.84. The number of halogens is 3. The highest BCUT2D eigenvalue weighted by Crippen LogP contribution is 2.23. The van der Waals surface area contributed by atoms with Crippen LogP contribution in [-0.2, 0) is 6.42 Å². The first kappa shape index (κ1) is 11.4. The summed E-state index contributed by atoms with van der Waals surface area (Å²) in [7, 11) is 0. The van der Waals surface area contributed by atoms with Crippen molar-refractivity contribution in [3.63, 3.8) is 0 Å². The van der Waals surface area contributed by atoms with Gasteiger partial charge in [-0.3, -0.25) is 0 Å². The average molecular weight is 235 g/mol. The van der Waals surface area contributed by atoms with Crippen LogP contribution in [0.15, 0.2) is 4.52 Å². The van der Waals surface area contributed by atoms with Crippen molar-refractivity contribution in [2.45, 2.75) is 37.9 Å². The van der Waals surface area contributed by atoms with Gasteiger partial charge in [-0.2, -0.15) is 18.2 Å². The molecule has 0 unspecified atom stereocenters. The van der Waals surface area contributed by atoms with Crippen molar-refractivity contribution in [3.05, 3.63) is 11.7 Å². The molecule has 1 aromatic heterocycles. The topological polar surface area (TPSA) is 51.0 Å². The lowest BCUT2D eigenvalue weighted by Gasteiger charge is -2.19. The molecule has 0 bridgehead atoms. The Labute approximate surface area is 90.2 Å². The van der Waals surface area contributed by atoms with E-state index in [0.717, 1.165) is 25.8 Å². The maximum Gasteiger partial charge on any atom is 0.396 e. The van der Waals surface area contributed by atoms with Crippen LogP contribution in [0.3, 0.4) is 0 Å². The molecule has 2 rings (SSSR count). The first-order chi connectivity index (χ1) is 7.54. The van der Waals surface area contributed by atoms with E-state index in [2.05, 4.69) is 15.5 Å². The number of aromatic nitrogens is 2. The Bertz CT molecular complexity index is 344. The maximum atomic E-state index is 12.1. The molecular formula is C9H12F3N3O. The first-order valence-electron chi connectivity index (χ1n) is 5.17. The fourth-order valence-electron chi connectivity index (χ4n) is 1.72. The van der Waals surface area contributed by atoms with Crippen LogP contribution in [-0.4, -0.2) is 22.9 Å². The minimum atomic E-state index is -4.29. The minimum Gasteiger partial charge on any atom is -0.338 e. The summed E-state index contributed by atoms with van der Waals surface area (Å²) in [5.74, 6) is -0.0335. The molecule has 1 fully saturated rings. The van der Waals surface area contributed by atoms with Gasteiger partial charge in [0, 0.05) is 0 Å². The Morgan fingerprint density at radius 1 is 1.38 bits per heavy atom. The highest BCUT2D eigenvalue weighted by atomic mass is 19.4. The molecule has 1 N–H and O–H groups in total. The standard InChI is InChI=1S/C9H12F3N3O/c10-9(11,12)5-7-14-8(16-15-7)6-3-1-2-4-13-6/h6,13H,1-5H2/t6-/m0/s1. The number of alkyl halides is 3. The Hall–Kier alpha value is -1.11. The second-order valence-electron chi connectivity index (χ2n) is 3.84. The van der Waals surface area contributed by atoms with Crippen LogP contribution in [0.25, 0.3) is 0 Å².